The summed E-state index contributed by atoms with van der Waals surface area (Å²) in [6.07, 6.45) is 7.18. The number of alkyl halides is 2. The molecule has 0 aromatic heterocycles. The molecule has 2 N–H and O–H groups in total. The van der Waals surface area contributed by atoms with E-state index in [9.17, 15) is 18.4 Å². The van der Waals surface area contributed by atoms with Crippen LogP contribution in [0.5, 0.6) is 11.5 Å². The van der Waals surface area contributed by atoms with Gasteiger partial charge in [-0.3, -0.25) is 14.6 Å². The molecule has 2 aliphatic rings. The van der Waals surface area contributed by atoms with E-state index in [1.54, 1.807) is 33.3 Å². The van der Waals surface area contributed by atoms with Crippen molar-refractivity contribution in [2.75, 3.05) is 14.2 Å². The number of methoxy groups -OCH3 is 2. The van der Waals surface area contributed by atoms with Gasteiger partial charge in [-0.15, -0.1) is 0 Å². The van der Waals surface area contributed by atoms with Crippen molar-refractivity contribution in [3.8, 4) is 11.5 Å². The molecule has 0 saturated heterocycles. The minimum absolute atomic E-state index is 0.0807. The van der Waals surface area contributed by atoms with E-state index in [0.717, 1.165) is 12.5 Å². The Morgan fingerprint density at radius 1 is 1.23 bits per heavy atom. The van der Waals surface area contributed by atoms with Gasteiger partial charge in [0, 0.05) is 18.0 Å². The highest BCUT2D eigenvalue weighted by atomic mass is 19.3. The SMILES string of the molecule is COc1ccc(CC[C@H]2N=C(C(=O)C[C@H](C)C3=CC(C(C)(F)F)CC(N)=C3)C=CC2=O)cc1OC. The van der Waals surface area contributed by atoms with Gasteiger partial charge in [0.1, 0.15) is 11.8 Å². The van der Waals surface area contributed by atoms with Crippen LogP contribution >= 0.6 is 0 Å². The zero-order valence-corrected chi connectivity index (χ0v) is 20.5. The molecule has 6 nitrogen and oxygen atoms in total. The highest BCUT2D eigenvalue weighted by Gasteiger charge is 2.35. The van der Waals surface area contributed by atoms with Gasteiger partial charge in [0.15, 0.2) is 23.1 Å². The number of ether oxygens (including phenoxy) is 2. The maximum absolute atomic E-state index is 13.9. The lowest BCUT2D eigenvalue weighted by Gasteiger charge is -2.27. The van der Waals surface area contributed by atoms with Crippen LogP contribution in [0.25, 0.3) is 0 Å². The predicted octanol–water partition coefficient (Wildman–Crippen LogP) is 4.62. The van der Waals surface area contributed by atoms with Gasteiger partial charge >= 0.3 is 0 Å². The summed E-state index contributed by atoms with van der Waals surface area (Å²) in [4.78, 5) is 29.7. The van der Waals surface area contributed by atoms with E-state index >= 15 is 0 Å². The number of ketones is 2. The molecule has 0 saturated carbocycles. The summed E-state index contributed by atoms with van der Waals surface area (Å²) in [5.74, 6) is -3.39. The first-order valence-electron chi connectivity index (χ1n) is 11.6. The van der Waals surface area contributed by atoms with Crippen LogP contribution in [-0.2, 0) is 16.0 Å². The predicted molar refractivity (Wildman–Crippen MR) is 131 cm³/mol. The van der Waals surface area contributed by atoms with Crippen molar-refractivity contribution in [2.45, 2.75) is 51.5 Å². The van der Waals surface area contributed by atoms with Crippen LogP contribution in [-0.4, -0.2) is 43.5 Å². The molecule has 1 aromatic rings. The van der Waals surface area contributed by atoms with Crippen LogP contribution in [0.2, 0.25) is 0 Å². The smallest absolute Gasteiger partial charge is 0.251 e. The summed E-state index contributed by atoms with van der Waals surface area (Å²) in [6.45, 7) is 2.68. The van der Waals surface area contributed by atoms with Crippen molar-refractivity contribution in [3.05, 3.63) is 59.3 Å². The molecule has 1 unspecified atom stereocenters. The van der Waals surface area contributed by atoms with Crippen molar-refractivity contribution in [2.24, 2.45) is 22.6 Å². The standard InChI is InChI=1S/C27H32F2N2O4/c1-16(18-13-19(27(2,28)29)15-20(30)14-18)11-24(33)22-8-9-23(32)21(31-22)7-5-17-6-10-25(34-3)26(12-17)35-4/h6,8-10,12-14,16,19,21H,5,7,11,15,30H2,1-4H3/t16-,19?,21+/m0/s1. The number of dihydropyridines is 1. The zero-order chi connectivity index (χ0) is 25.8. The molecular formula is C27H32F2N2O4. The molecule has 1 aliphatic carbocycles. The Labute approximate surface area is 204 Å². The number of rotatable bonds is 10. The fourth-order valence-corrected chi connectivity index (χ4v) is 4.26. The highest BCUT2D eigenvalue weighted by molar-refractivity contribution is 6.45. The largest absolute Gasteiger partial charge is 0.493 e. The van der Waals surface area contributed by atoms with Crippen molar-refractivity contribution in [1.29, 1.82) is 0 Å². The Balaban J connectivity index is 1.67. The number of hydrogen-bond donors (Lipinski definition) is 1. The molecule has 8 heteroatoms. The van der Waals surface area contributed by atoms with Gasteiger partial charge in [0.05, 0.1) is 14.2 Å². The summed E-state index contributed by atoms with van der Waals surface area (Å²) in [5.41, 5.74) is 8.06. The third-order valence-electron chi connectivity index (χ3n) is 6.38. The average Bonchev–Trinajstić information content (AvgIpc) is 2.82. The van der Waals surface area contributed by atoms with Gasteiger partial charge in [0.2, 0.25) is 0 Å². The zero-order valence-electron chi connectivity index (χ0n) is 20.5. The number of carbonyl (C=O) groups is 2. The quantitative estimate of drug-likeness (QED) is 0.521. The lowest BCUT2D eigenvalue weighted by atomic mass is 9.83. The number of carbonyl (C=O) groups excluding carboxylic acids is 2. The third-order valence-corrected chi connectivity index (χ3v) is 6.38. The maximum Gasteiger partial charge on any atom is 0.251 e. The van der Waals surface area contributed by atoms with Gasteiger partial charge in [-0.25, -0.2) is 8.78 Å². The van der Waals surface area contributed by atoms with Gasteiger partial charge in [0.25, 0.3) is 5.92 Å². The molecule has 1 heterocycles. The molecule has 1 aliphatic heterocycles. The first-order chi connectivity index (χ1) is 16.5. The number of benzene rings is 1. The van der Waals surface area contributed by atoms with Crippen LogP contribution in [0.15, 0.2) is 58.8 Å². The molecule has 0 radical (unpaired) electrons. The topological polar surface area (TPSA) is 91.0 Å². The van der Waals surface area contributed by atoms with Crippen LogP contribution in [0.1, 0.15) is 38.7 Å². The molecular weight excluding hydrogens is 454 g/mol. The van der Waals surface area contributed by atoms with E-state index in [2.05, 4.69) is 4.99 Å². The monoisotopic (exact) mass is 486 g/mol. The second-order valence-electron chi connectivity index (χ2n) is 9.18. The van der Waals surface area contributed by atoms with E-state index < -0.39 is 17.9 Å². The number of nitrogens with two attached hydrogens (primary N) is 1. The third kappa shape index (κ3) is 6.65. The van der Waals surface area contributed by atoms with E-state index in [0.29, 0.717) is 35.6 Å². The van der Waals surface area contributed by atoms with Crippen molar-refractivity contribution < 1.29 is 27.8 Å². The first-order valence-corrected chi connectivity index (χ1v) is 11.6. The van der Waals surface area contributed by atoms with Crippen LogP contribution in [0.4, 0.5) is 8.78 Å². The highest BCUT2D eigenvalue weighted by Crippen LogP contribution is 2.36. The number of allylic oxidation sites excluding steroid dienone is 5. The molecule has 0 bridgehead atoms. The first kappa shape index (κ1) is 26.3. The average molecular weight is 487 g/mol. The number of Topliss-reactive ketones (excluding diaryl/α,β-unsaturated/α-hetero) is 1. The normalized spacial score (nSPS) is 21.1. The van der Waals surface area contributed by atoms with Crippen molar-refractivity contribution >= 4 is 17.3 Å². The number of aryl methyl sites for hydroxylation is 1. The molecule has 0 spiro atoms. The van der Waals surface area contributed by atoms with E-state index in [1.807, 2.05) is 12.1 Å². The maximum atomic E-state index is 13.9. The second-order valence-corrected chi connectivity index (χ2v) is 9.18. The lowest BCUT2D eigenvalue weighted by Crippen LogP contribution is -2.29. The molecule has 0 fully saturated rings. The molecule has 0 amide bonds. The van der Waals surface area contributed by atoms with Gasteiger partial charge < -0.3 is 15.2 Å². The molecule has 188 valence electrons. The van der Waals surface area contributed by atoms with E-state index in [-0.39, 0.29) is 36.0 Å². The fraction of sp³-hybridized carbons (Fsp3) is 0.444. The Morgan fingerprint density at radius 3 is 2.60 bits per heavy atom. The Bertz CT molecular complexity index is 1100. The number of nitrogens with zero attached hydrogens (tertiary/aromatic N) is 1. The van der Waals surface area contributed by atoms with Gasteiger partial charge in [-0.05, 0) is 73.6 Å². The summed E-state index contributed by atoms with van der Waals surface area (Å²) in [7, 11) is 3.12. The molecule has 3 atom stereocenters. The summed E-state index contributed by atoms with van der Waals surface area (Å²) in [5, 5.41) is 0. The summed E-state index contributed by atoms with van der Waals surface area (Å²) < 4.78 is 38.3. The Hall–Kier alpha value is -3.29. The molecule has 1 aromatic carbocycles. The number of aliphatic imine (C=N–C) groups is 1. The van der Waals surface area contributed by atoms with Gasteiger partial charge in [-0.1, -0.05) is 19.1 Å². The van der Waals surface area contributed by atoms with Crippen molar-refractivity contribution in [1.82, 2.24) is 0 Å². The molecule has 35 heavy (non-hydrogen) atoms. The van der Waals surface area contributed by atoms with Gasteiger partial charge in [-0.2, -0.15) is 0 Å². The number of hydrogen-bond acceptors (Lipinski definition) is 6. The Morgan fingerprint density at radius 2 is 1.94 bits per heavy atom. The fourth-order valence-electron chi connectivity index (χ4n) is 4.26. The summed E-state index contributed by atoms with van der Waals surface area (Å²) >= 11 is 0. The Kier molecular flexibility index (Phi) is 8.25. The van der Waals surface area contributed by atoms with Crippen molar-refractivity contribution in [3.63, 3.8) is 0 Å². The van der Waals surface area contributed by atoms with E-state index in [1.165, 1.54) is 18.2 Å². The van der Waals surface area contributed by atoms with E-state index in [4.69, 9.17) is 15.2 Å². The van der Waals surface area contributed by atoms with Crippen LogP contribution in [0, 0.1) is 11.8 Å². The lowest BCUT2D eigenvalue weighted by molar-refractivity contribution is -0.115. The van der Waals surface area contributed by atoms with Crippen LogP contribution in [0.3, 0.4) is 0 Å². The number of halogens is 2. The van der Waals surface area contributed by atoms with Crippen LogP contribution < -0.4 is 15.2 Å². The summed E-state index contributed by atoms with van der Waals surface area (Å²) in [6, 6.07) is 4.89. The second kappa shape index (κ2) is 11.0. The minimum Gasteiger partial charge on any atom is -0.493 e. The minimum atomic E-state index is -2.90. The molecule has 3 rings (SSSR count).